The predicted octanol–water partition coefficient (Wildman–Crippen LogP) is 4.20. The first-order valence-electron chi connectivity index (χ1n) is 7.08. The zero-order chi connectivity index (χ0) is 13.9. The monoisotopic (exact) mass is 306 g/mol. The molecular formula is C16H19ClN2S. The lowest BCUT2D eigenvalue weighted by molar-refractivity contribution is 0.257. The lowest BCUT2D eigenvalue weighted by atomic mass is 9.96. The Hall–Kier alpha value is -0.900. The van der Waals surface area contributed by atoms with E-state index in [9.17, 15) is 0 Å². The quantitative estimate of drug-likeness (QED) is 0.845. The van der Waals surface area contributed by atoms with Crippen LogP contribution in [0.25, 0.3) is 0 Å². The van der Waals surface area contributed by atoms with E-state index < -0.39 is 0 Å². The topological polar surface area (TPSA) is 16.1 Å². The first kappa shape index (κ1) is 14.1. The average Bonchev–Trinajstić information content (AvgIpc) is 2.91. The number of benzene rings is 1. The molecule has 2 heterocycles. The van der Waals surface area contributed by atoms with Crippen molar-refractivity contribution in [1.82, 2.24) is 9.88 Å². The molecular weight excluding hydrogens is 288 g/mol. The highest BCUT2D eigenvalue weighted by molar-refractivity contribution is 7.11. The van der Waals surface area contributed by atoms with E-state index in [-0.39, 0.29) is 0 Å². The van der Waals surface area contributed by atoms with Gasteiger partial charge in [-0.1, -0.05) is 23.7 Å². The SMILES string of the molecule is CN1CCC(c2cnc(Cc3ccc(Cl)cc3)s2)CC1. The van der Waals surface area contributed by atoms with Crippen molar-refractivity contribution in [2.45, 2.75) is 25.2 Å². The first-order valence-corrected chi connectivity index (χ1v) is 8.28. The Morgan fingerprint density at radius 2 is 1.95 bits per heavy atom. The van der Waals surface area contributed by atoms with Gasteiger partial charge in [0.05, 0.1) is 5.01 Å². The molecule has 0 unspecified atom stereocenters. The van der Waals surface area contributed by atoms with E-state index in [2.05, 4.69) is 35.3 Å². The zero-order valence-electron chi connectivity index (χ0n) is 11.7. The van der Waals surface area contributed by atoms with Crippen LogP contribution in [-0.2, 0) is 6.42 Å². The first-order chi connectivity index (χ1) is 9.70. The Bertz CT molecular complexity index is 556. The van der Waals surface area contributed by atoms with Gasteiger partial charge in [-0.3, -0.25) is 0 Å². The highest BCUT2D eigenvalue weighted by atomic mass is 35.5. The van der Waals surface area contributed by atoms with Gasteiger partial charge < -0.3 is 4.90 Å². The number of likely N-dealkylation sites (tertiary alicyclic amines) is 1. The van der Waals surface area contributed by atoms with E-state index in [1.807, 2.05) is 23.5 Å². The number of nitrogens with zero attached hydrogens (tertiary/aromatic N) is 2. The van der Waals surface area contributed by atoms with Gasteiger partial charge in [-0.25, -0.2) is 4.98 Å². The second kappa shape index (κ2) is 6.25. The molecule has 0 saturated carbocycles. The fourth-order valence-corrected chi connectivity index (χ4v) is 3.91. The minimum absolute atomic E-state index is 0.711. The molecule has 0 atom stereocenters. The molecule has 1 saturated heterocycles. The third kappa shape index (κ3) is 3.40. The summed E-state index contributed by atoms with van der Waals surface area (Å²) in [5, 5.41) is 2.00. The summed E-state index contributed by atoms with van der Waals surface area (Å²) in [6, 6.07) is 8.06. The third-order valence-electron chi connectivity index (χ3n) is 3.96. The highest BCUT2D eigenvalue weighted by Crippen LogP contribution is 2.32. The van der Waals surface area contributed by atoms with E-state index >= 15 is 0 Å². The van der Waals surface area contributed by atoms with Gasteiger partial charge in [0.15, 0.2) is 0 Å². The summed E-state index contributed by atoms with van der Waals surface area (Å²) in [5.74, 6) is 0.711. The molecule has 1 fully saturated rings. The summed E-state index contributed by atoms with van der Waals surface area (Å²) >= 11 is 7.79. The van der Waals surface area contributed by atoms with Crippen LogP contribution in [0.4, 0.5) is 0 Å². The van der Waals surface area contributed by atoms with Crippen molar-refractivity contribution in [3.63, 3.8) is 0 Å². The summed E-state index contributed by atoms with van der Waals surface area (Å²) < 4.78 is 0. The summed E-state index contributed by atoms with van der Waals surface area (Å²) in [6.45, 7) is 2.41. The molecule has 0 amide bonds. The number of hydrogen-bond donors (Lipinski definition) is 0. The third-order valence-corrected chi connectivity index (χ3v) is 5.37. The Labute approximate surface area is 129 Å². The number of thiazole rings is 1. The number of rotatable bonds is 3. The molecule has 0 aliphatic carbocycles. The van der Waals surface area contributed by atoms with Gasteiger partial charge in [0.2, 0.25) is 0 Å². The predicted molar refractivity (Wildman–Crippen MR) is 85.8 cm³/mol. The van der Waals surface area contributed by atoms with Crippen LogP contribution in [0.15, 0.2) is 30.5 Å². The number of piperidine rings is 1. The summed E-state index contributed by atoms with van der Waals surface area (Å²) in [7, 11) is 2.20. The normalized spacial score (nSPS) is 17.5. The molecule has 2 nitrogen and oxygen atoms in total. The zero-order valence-corrected chi connectivity index (χ0v) is 13.3. The van der Waals surface area contributed by atoms with Crippen molar-refractivity contribution in [2.24, 2.45) is 0 Å². The van der Waals surface area contributed by atoms with E-state index in [0.29, 0.717) is 5.92 Å². The fourth-order valence-electron chi connectivity index (χ4n) is 2.66. The highest BCUT2D eigenvalue weighted by Gasteiger charge is 2.20. The van der Waals surface area contributed by atoms with Crippen molar-refractivity contribution in [2.75, 3.05) is 20.1 Å². The molecule has 1 aromatic heterocycles. The van der Waals surface area contributed by atoms with E-state index in [4.69, 9.17) is 11.6 Å². The van der Waals surface area contributed by atoms with Crippen molar-refractivity contribution in [3.05, 3.63) is 50.9 Å². The second-order valence-corrected chi connectivity index (χ2v) is 7.12. The van der Waals surface area contributed by atoms with Crippen LogP contribution in [0.3, 0.4) is 0 Å². The van der Waals surface area contributed by atoms with Gasteiger partial charge in [-0.05, 0) is 56.6 Å². The molecule has 1 aliphatic rings. The van der Waals surface area contributed by atoms with Crippen LogP contribution in [0.1, 0.15) is 34.2 Å². The second-order valence-electron chi connectivity index (χ2n) is 5.54. The van der Waals surface area contributed by atoms with Crippen LogP contribution in [0, 0.1) is 0 Å². The lowest BCUT2D eigenvalue weighted by Crippen LogP contribution is -2.28. The smallest absolute Gasteiger partial charge is 0.0971 e. The Morgan fingerprint density at radius 3 is 2.65 bits per heavy atom. The fraction of sp³-hybridized carbons (Fsp3) is 0.438. The molecule has 20 heavy (non-hydrogen) atoms. The molecule has 106 valence electrons. The minimum atomic E-state index is 0.711. The van der Waals surface area contributed by atoms with Crippen molar-refractivity contribution in [3.8, 4) is 0 Å². The summed E-state index contributed by atoms with van der Waals surface area (Å²) in [5.41, 5.74) is 1.28. The van der Waals surface area contributed by atoms with Gasteiger partial charge in [-0.2, -0.15) is 0 Å². The van der Waals surface area contributed by atoms with Crippen LogP contribution in [-0.4, -0.2) is 30.0 Å². The molecule has 1 aliphatic heterocycles. The van der Waals surface area contributed by atoms with E-state index in [0.717, 1.165) is 11.4 Å². The minimum Gasteiger partial charge on any atom is -0.306 e. The Morgan fingerprint density at radius 1 is 1.25 bits per heavy atom. The molecule has 2 aromatic rings. The van der Waals surface area contributed by atoms with Gasteiger partial charge in [0.25, 0.3) is 0 Å². The van der Waals surface area contributed by atoms with Gasteiger partial charge in [-0.15, -0.1) is 11.3 Å². The van der Waals surface area contributed by atoms with E-state index in [1.165, 1.54) is 41.4 Å². The lowest BCUT2D eigenvalue weighted by Gasteiger charge is -2.27. The summed E-state index contributed by atoms with van der Waals surface area (Å²) in [6.07, 6.45) is 5.53. The average molecular weight is 307 g/mol. The molecule has 0 spiro atoms. The van der Waals surface area contributed by atoms with Gasteiger partial charge in [0.1, 0.15) is 0 Å². The maximum absolute atomic E-state index is 5.92. The standard InChI is InChI=1S/C16H19ClN2S/c1-19-8-6-13(7-9-19)15-11-18-16(20-15)10-12-2-4-14(17)5-3-12/h2-5,11,13H,6-10H2,1H3. The van der Waals surface area contributed by atoms with E-state index in [1.54, 1.807) is 0 Å². The Balaban J connectivity index is 1.66. The van der Waals surface area contributed by atoms with Gasteiger partial charge in [0, 0.05) is 22.5 Å². The van der Waals surface area contributed by atoms with Crippen molar-refractivity contribution < 1.29 is 0 Å². The Kier molecular flexibility index (Phi) is 4.39. The molecule has 1 aromatic carbocycles. The maximum Gasteiger partial charge on any atom is 0.0971 e. The van der Waals surface area contributed by atoms with Crippen LogP contribution in [0.2, 0.25) is 5.02 Å². The number of hydrogen-bond acceptors (Lipinski definition) is 3. The van der Waals surface area contributed by atoms with Crippen LogP contribution in [0.5, 0.6) is 0 Å². The molecule has 4 heteroatoms. The number of halogens is 1. The van der Waals surface area contributed by atoms with Crippen molar-refractivity contribution in [1.29, 1.82) is 0 Å². The molecule has 0 bridgehead atoms. The molecule has 3 rings (SSSR count). The van der Waals surface area contributed by atoms with Crippen molar-refractivity contribution >= 4 is 22.9 Å². The molecule has 0 N–H and O–H groups in total. The van der Waals surface area contributed by atoms with Crippen LogP contribution >= 0.6 is 22.9 Å². The van der Waals surface area contributed by atoms with Crippen LogP contribution < -0.4 is 0 Å². The van der Waals surface area contributed by atoms with Gasteiger partial charge >= 0.3 is 0 Å². The molecule has 0 radical (unpaired) electrons. The number of aromatic nitrogens is 1. The largest absolute Gasteiger partial charge is 0.306 e. The summed E-state index contributed by atoms with van der Waals surface area (Å²) in [4.78, 5) is 8.47. The maximum atomic E-state index is 5.92.